The number of rotatable bonds is 49. The summed E-state index contributed by atoms with van der Waals surface area (Å²) < 4.78 is 17.4. The molecule has 0 saturated heterocycles. The molecule has 5 heteroatoms. The minimum absolute atomic E-state index is 0.0536. The van der Waals surface area contributed by atoms with Crippen molar-refractivity contribution < 1.29 is 23.8 Å². The fourth-order valence-corrected chi connectivity index (χ4v) is 7.40. The maximum absolute atomic E-state index is 12.8. The Morgan fingerprint density at radius 3 is 1.20 bits per heavy atom. The zero-order valence-corrected chi connectivity index (χ0v) is 42.3. The summed E-state index contributed by atoms with van der Waals surface area (Å²) in [6, 6.07) is 0. The van der Waals surface area contributed by atoms with Crippen molar-refractivity contribution in [2.24, 2.45) is 0 Å². The minimum atomic E-state index is -0.562. The van der Waals surface area contributed by atoms with Gasteiger partial charge >= 0.3 is 11.9 Å². The molecule has 0 radical (unpaired) electrons. The average molecular weight is 891 g/mol. The van der Waals surface area contributed by atoms with Crippen molar-refractivity contribution in [2.75, 3.05) is 19.8 Å². The fraction of sp³-hybridized carbons (Fsp3) is 0.729. The largest absolute Gasteiger partial charge is 0.462 e. The van der Waals surface area contributed by atoms with Crippen LogP contribution in [0.25, 0.3) is 0 Å². The standard InChI is InChI=1S/C59H102O5/c1-4-7-10-13-16-19-22-24-26-28-29-30-32-34-36-39-42-45-48-51-54-62-55-57(64-59(61)53-50-47-44-41-37-21-18-15-12-9-6-3)56-63-58(60)52-49-46-43-40-38-35-33-31-27-25-23-20-17-14-11-8-5-2/h8,11,16-17,19-20,24-27,33,35,40,43,57H,4-7,9-10,12-15,18,21-23,28-32,34,36-39,41-42,44-56H2,1-3H3/b11-8-,19-16-,20-17-,26-24-,27-25-,35-33-,43-40-. The van der Waals surface area contributed by atoms with Gasteiger partial charge in [-0.15, -0.1) is 0 Å². The second-order valence-corrected chi connectivity index (χ2v) is 17.8. The van der Waals surface area contributed by atoms with Crippen molar-refractivity contribution in [1.82, 2.24) is 0 Å². The molecule has 0 N–H and O–H groups in total. The topological polar surface area (TPSA) is 61.8 Å². The number of carbonyl (C=O) groups is 2. The Hall–Kier alpha value is -2.92. The normalized spacial score (nSPS) is 12.9. The van der Waals surface area contributed by atoms with Crippen LogP contribution in [0.4, 0.5) is 0 Å². The fourth-order valence-electron chi connectivity index (χ4n) is 7.40. The van der Waals surface area contributed by atoms with Gasteiger partial charge < -0.3 is 14.2 Å². The molecular weight excluding hydrogens is 789 g/mol. The Kier molecular flexibility index (Phi) is 51.9. The predicted octanol–water partition coefficient (Wildman–Crippen LogP) is 18.5. The van der Waals surface area contributed by atoms with Gasteiger partial charge in [0, 0.05) is 19.4 Å². The lowest BCUT2D eigenvalue weighted by Crippen LogP contribution is -2.30. The van der Waals surface area contributed by atoms with E-state index in [0.29, 0.717) is 19.4 Å². The van der Waals surface area contributed by atoms with Gasteiger partial charge in [-0.1, -0.05) is 234 Å². The molecule has 5 nitrogen and oxygen atoms in total. The first-order chi connectivity index (χ1) is 31.6. The summed E-state index contributed by atoms with van der Waals surface area (Å²) in [5.41, 5.74) is 0. The van der Waals surface area contributed by atoms with Gasteiger partial charge in [0.25, 0.3) is 0 Å². The quantitative estimate of drug-likeness (QED) is 0.0346. The molecule has 0 bridgehead atoms. The van der Waals surface area contributed by atoms with Crippen molar-refractivity contribution in [1.29, 1.82) is 0 Å². The van der Waals surface area contributed by atoms with Crippen LogP contribution in [0, 0.1) is 0 Å². The van der Waals surface area contributed by atoms with Crippen LogP contribution in [-0.2, 0) is 23.8 Å². The minimum Gasteiger partial charge on any atom is -0.462 e. The van der Waals surface area contributed by atoms with Crippen LogP contribution in [0.3, 0.4) is 0 Å². The molecule has 0 aliphatic heterocycles. The first-order valence-electron chi connectivity index (χ1n) is 27.1. The molecule has 0 aromatic heterocycles. The van der Waals surface area contributed by atoms with Crippen molar-refractivity contribution in [3.63, 3.8) is 0 Å². The Bertz CT molecular complexity index is 1190. The maximum Gasteiger partial charge on any atom is 0.306 e. The highest BCUT2D eigenvalue weighted by Gasteiger charge is 2.17. The average Bonchev–Trinajstić information content (AvgIpc) is 3.30. The van der Waals surface area contributed by atoms with Gasteiger partial charge in [-0.2, -0.15) is 0 Å². The molecule has 0 aliphatic carbocycles. The third-order valence-corrected chi connectivity index (χ3v) is 11.4. The SMILES string of the molecule is CC/C=C\C/C=C\C/C=C\C/C=C\C/C=C\CCCC(=O)OCC(COCCCCCCCCCCCC/C=C\C/C=C\CCCCC)OC(=O)CCCCCCCCCCCCC. The number of hydrogen-bond donors (Lipinski definition) is 0. The second-order valence-electron chi connectivity index (χ2n) is 17.8. The van der Waals surface area contributed by atoms with Crippen LogP contribution in [0.2, 0.25) is 0 Å². The van der Waals surface area contributed by atoms with Crippen LogP contribution in [-0.4, -0.2) is 37.9 Å². The Labute approximate surface area is 397 Å². The van der Waals surface area contributed by atoms with Gasteiger partial charge in [0.2, 0.25) is 0 Å². The summed E-state index contributed by atoms with van der Waals surface area (Å²) in [5, 5.41) is 0. The van der Waals surface area contributed by atoms with Gasteiger partial charge in [-0.25, -0.2) is 0 Å². The molecule has 0 aliphatic rings. The molecule has 0 heterocycles. The molecule has 0 aromatic rings. The van der Waals surface area contributed by atoms with Crippen LogP contribution in [0.15, 0.2) is 85.1 Å². The van der Waals surface area contributed by atoms with Gasteiger partial charge in [0.15, 0.2) is 6.10 Å². The van der Waals surface area contributed by atoms with Gasteiger partial charge in [-0.05, 0) is 89.9 Å². The zero-order valence-electron chi connectivity index (χ0n) is 42.3. The van der Waals surface area contributed by atoms with Crippen LogP contribution >= 0.6 is 0 Å². The van der Waals surface area contributed by atoms with E-state index in [-0.39, 0.29) is 25.2 Å². The summed E-state index contributed by atoms with van der Waals surface area (Å²) in [4.78, 5) is 25.4. The zero-order chi connectivity index (χ0) is 46.3. The van der Waals surface area contributed by atoms with E-state index in [1.165, 1.54) is 141 Å². The van der Waals surface area contributed by atoms with Crippen molar-refractivity contribution in [3.05, 3.63) is 85.1 Å². The molecule has 368 valence electrons. The molecule has 1 unspecified atom stereocenters. The van der Waals surface area contributed by atoms with Crippen molar-refractivity contribution >= 4 is 11.9 Å². The van der Waals surface area contributed by atoms with Crippen LogP contribution in [0.1, 0.15) is 252 Å². The maximum atomic E-state index is 12.8. The monoisotopic (exact) mass is 891 g/mol. The van der Waals surface area contributed by atoms with Crippen molar-refractivity contribution in [3.8, 4) is 0 Å². The number of allylic oxidation sites excluding steroid dienone is 14. The van der Waals surface area contributed by atoms with E-state index in [4.69, 9.17) is 14.2 Å². The third kappa shape index (κ3) is 51.7. The lowest BCUT2D eigenvalue weighted by Gasteiger charge is -2.18. The van der Waals surface area contributed by atoms with E-state index in [2.05, 4.69) is 106 Å². The number of carbonyl (C=O) groups excluding carboxylic acids is 2. The number of ether oxygens (including phenoxy) is 3. The molecule has 0 aromatic carbocycles. The summed E-state index contributed by atoms with van der Waals surface area (Å²) in [5.74, 6) is -0.463. The van der Waals surface area contributed by atoms with Gasteiger partial charge in [0.1, 0.15) is 6.61 Å². The summed E-state index contributed by atoms with van der Waals surface area (Å²) >= 11 is 0. The van der Waals surface area contributed by atoms with E-state index in [9.17, 15) is 9.59 Å². The molecule has 0 rings (SSSR count). The van der Waals surface area contributed by atoms with Gasteiger partial charge in [-0.3, -0.25) is 9.59 Å². The summed E-state index contributed by atoms with van der Waals surface area (Å²) in [6.45, 7) is 7.63. The molecule has 0 saturated carbocycles. The Balaban J connectivity index is 4.30. The van der Waals surface area contributed by atoms with E-state index in [0.717, 1.165) is 77.0 Å². The molecule has 1 atom stereocenters. The van der Waals surface area contributed by atoms with E-state index in [1.54, 1.807) is 0 Å². The summed E-state index contributed by atoms with van der Waals surface area (Å²) in [7, 11) is 0. The lowest BCUT2D eigenvalue weighted by molar-refractivity contribution is -0.163. The first-order valence-corrected chi connectivity index (χ1v) is 27.1. The van der Waals surface area contributed by atoms with E-state index >= 15 is 0 Å². The number of esters is 2. The highest BCUT2D eigenvalue weighted by Crippen LogP contribution is 2.14. The molecule has 0 amide bonds. The third-order valence-electron chi connectivity index (χ3n) is 11.4. The Morgan fingerprint density at radius 2 is 0.719 bits per heavy atom. The Morgan fingerprint density at radius 1 is 0.359 bits per heavy atom. The predicted molar refractivity (Wildman–Crippen MR) is 279 cm³/mol. The lowest BCUT2D eigenvalue weighted by atomic mass is 10.1. The van der Waals surface area contributed by atoms with Crippen molar-refractivity contribution in [2.45, 2.75) is 258 Å². The van der Waals surface area contributed by atoms with E-state index < -0.39 is 6.10 Å². The number of hydrogen-bond acceptors (Lipinski definition) is 5. The molecule has 64 heavy (non-hydrogen) atoms. The molecule has 0 fully saturated rings. The smallest absolute Gasteiger partial charge is 0.306 e. The second kappa shape index (κ2) is 54.4. The molecular formula is C59H102O5. The highest BCUT2D eigenvalue weighted by atomic mass is 16.6. The van der Waals surface area contributed by atoms with Crippen LogP contribution in [0.5, 0.6) is 0 Å². The van der Waals surface area contributed by atoms with Crippen LogP contribution < -0.4 is 0 Å². The summed E-state index contributed by atoms with van der Waals surface area (Å²) in [6.07, 6.45) is 71.7. The van der Waals surface area contributed by atoms with E-state index in [1.807, 2.05) is 0 Å². The molecule has 0 spiro atoms. The van der Waals surface area contributed by atoms with Gasteiger partial charge in [0.05, 0.1) is 6.61 Å². The highest BCUT2D eigenvalue weighted by molar-refractivity contribution is 5.70. The first kappa shape index (κ1) is 61.1. The number of unbranched alkanes of at least 4 members (excludes halogenated alkanes) is 24.